The number of rotatable bonds is 5. The molecular weight excluding hydrogens is 369 g/mol. The minimum Gasteiger partial charge on any atom is -0.493 e. The summed E-state index contributed by atoms with van der Waals surface area (Å²) >= 11 is 1.43. The van der Waals surface area contributed by atoms with Gasteiger partial charge in [0.1, 0.15) is 11.3 Å². The van der Waals surface area contributed by atoms with Gasteiger partial charge in [-0.25, -0.2) is 9.37 Å². The molecule has 2 aromatic carbocycles. The first kappa shape index (κ1) is 17.5. The maximum Gasteiger partial charge on any atom is 0.231 e. The molecule has 1 N–H and O–H groups in total. The van der Waals surface area contributed by atoms with Crippen molar-refractivity contribution in [1.82, 2.24) is 4.98 Å². The monoisotopic (exact) mass is 387 g/mol. The standard InChI is InChI=1S/C19H18FN3O3S/c1-25-14-7-6-12(8-15(14)26-2)21-18(24)11-9-23(10-11)19-22-17-13(20)4-3-5-16(17)27-19/h3-8,11H,9-10H2,1-2H3,(H,21,24). The Morgan fingerprint density at radius 3 is 2.70 bits per heavy atom. The third kappa shape index (κ3) is 3.28. The number of hydrogen-bond acceptors (Lipinski definition) is 6. The smallest absolute Gasteiger partial charge is 0.231 e. The number of benzene rings is 2. The van der Waals surface area contributed by atoms with E-state index >= 15 is 0 Å². The van der Waals surface area contributed by atoms with E-state index in [1.807, 2.05) is 11.0 Å². The molecule has 3 aromatic rings. The van der Waals surface area contributed by atoms with E-state index < -0.39 is 0 Å². The summed E-state index contributed by atoms with van der Waals surface area (Å²) in [6.45, 7) is 1.11. The van der Waals surface area contributed by atoms with E-state index in [2.05, 4.69) is 10.3 Å². The maximum absolute atomic E-state index is 13.8. The average molecular weight is 387 g/mol. The lowest BCUT2D eigenvalue weighted by Gasteiger charge is -2.37. The zero-order valence-corrected chi connectivity index (χ0v) is 15.7. The summed E-state index contributed by atoms with van der Waals surface area (Å²) in [5.41, 5.74) is 1.04. The molecule has 1 amide bonds. The lowest BCUT2D eigenvalue weighted by Crippen LogP contribution is -2.52. The number of fused-ring (bicyclic) bond motifs is 1. The zero-order valence-electron chi connectivity index (χ0n) is 14.9. The van der Waals surface area contributed by atoms with Crippen molar-refractivity contribution in [1.29, 1.82) is 0 Å². The molecule has 1 saturated heterocycles. The number of ether oxygens (including phenoxy) is 2. The quantitative estimate of drug-likeness (QED) is 0.726. The van der Waals surface area contributed by atoms with E-state index in [0.29, 0.717) is 35.8 Å². The van der Waals surface area contributed by atoms with E-state index in [9.17, 15) is 9.18 Å². The van der Waals surface area contributed by atoms with Crippen molar-refractivity contribution in [3.63, 3.8) is 0 Å². The van der Waals surface area contributed by atoms with Gasteiger partial charge >= 0.3 is 0 Å². The van der Waals surface area contributed by atoms with Gasteiger partial charge in [0.15, 0.2) is 16.6 Å². The van der Waals surface area contributed by atoms with E-state index in [-0.39, 0.29) is 17.6 Å². The fourth-order valence-electron chi connectivity index (χ4n) is 3.00. The Morgan fingerprint density at radius 2 is 2.00 bits per heavy atom. The van der Waals surface area contributed by atoms with Crippen LogP contribution in [0.2, 0.25) is 0 Å². The van der Waals surface area contributed by atoms with Gasteiger partial charge in [0.2, 0.25) is 5.91 Å². The van der Waals surface area contributed by atoms with E-state index in [0.717, 1.165) is 9.83 Å². The Bertz CT molecular complexity index is 1000. The molecule has 0 atom stereocenters. The Morgan fingerprint density at radius 1 is 1.22 bits per heavy atom. The molecule has 0 saturated carbocycles. The largest absolute Gasteiger partial charge is 0.493 e. The van der Waals surface area contributed by atoms with Crippen LogP contribution < -0.4 is 19.7 Å². The number of para-hydroxylation sites is 1. The lowest BCUT2D eigenvalue weighted by molar-refractivity contribution is -0.120. The minimum absolute atomic E-state index is 0.0641. The summed E-state index contributed by atoms with van der Waals surface area (Å²) < 4.78 is 25.0. The van der Waals surface area contributed by atoms with E-state index in [1.165, 1.54) is 17.4 Å². The van der Waals surface area contributed by atoms with E-state index in [1.54, 1.807) is 38.5 Å². The molecule has 27 heavy (non-hydrogen) atoms. The molecule has 0 bridgehead atoms. The van der Waals surface area contributed by atoms with Gasteiger partial charge in [-0.05, 0) is 24.3 Å². The summed E-state index contributed by atoms with van der Waals surface area (Å²) in [5, 5.41) is 3.64. The number of thiazole rings is 1. The fourth-order valence-corrected chi connectivity index (χ4v) is 4.00. The Labute approximate surface area is 159 Å². The van der Waals surface area contributed by atoms with Gasteiger partial charge in [0.05, 0.1) is 24.8 Å². The highest BCUT2D eigenvalue weighted by atomic mass is 32.1. The van der Waals surface area contributed by atoms with E-state index in [4.69, 9.17) is 9.47 Å². The average Bonchev–Trinajstić information content (AvgIpc) is 3.05. The number of carbonyl (C=O) groups excluding carboxylic acids is 1. The predicted octanol–water partition coefficient (Wildman–Crippen LogP) is 3.53. The number of anilines is 2. The van der Waals surface area contributed by atoms with Crippen molar-refractivity contribution in [3.05, 3.63) is 42.2 Å². The van der Waals surface area contributed by atoms with Gasteiger partial charge in [-0.2, -0.15) is 0 Å². The number of nitrogens with zero attached hydrogens (tertiary/aromatic N) is 2. The summed E-state index contributed by atoms with van der Waals surface area (Å²) in [7, 11) is 3.11. The molecule has 0 radical (unpaired) electrons. The van der Waals surface area contributed by atoms with Crippen LogP contribution in [-0.4, -0.2) is 38.2 Å². The third-order valence-electron chi connectivity index (χ3n) is 4.53. The summed E-state index contributed by atoms with van der Waals surface area (Å²) in [6.07, 6.45) is 0. The molecule has 1 aromatic heterocycles. The van der Waals surface area contributed by atoms with Crippen LogP contribution in [0.15, 0.2) is 36.4 Å². The maximum atomic E-state index is 13.8. The predicted molar refractivity (Wildman–Crippen MR) is 103 cm³/mol. The number of methoxy groups -OCH3 is 2. The van der Waals surface area contributed by atoms with Crippen molar-refractivity contribution >= 4 is 38.3 Å². The highest BCUT2D eigenvalue weighted by Crippen LogP contribution is 2.34. The van der Waals surface area contributed by atoms with Crippen LogP contribution in [-0.2, 0) is 4.79 Å². The first-order valence-corrected chi connectivity index (χ1v) is 9.23. The number of amides is 1. The second-order valence-electron chi connectivity index (χ2n) is 6.24. The highest BCUT2D eigenvalue weighted by Gasteiger charge is 2.34. The van der Waals surface area contributed by atoms with Gasteiger partial charge in [0.25, 0.3) is 0 Å². The number of aromatic nitrogens is 1. The molecule has 2 heterocycles. The molecule has 4 rings (SSSR count). The molecule has 6 nitrogen and oxygen atoms in total. The molecule has 0 spiro atoms. The molecule has 140 valence electrons. The van der Waals surface area contributed by atoms with Crippen molar-refractivity contribution < 1.29 is 18.7 Å². The topological polar surface area (TPSA) is 63.7 Å². The van der Waals surface area contributed by atoms with Gasteiger partial charge in [-0.15, -0.1) is 0 Å². The molecule has 8 heteroatoms. The van der Waals surface area contributed by atoms with Crippen molar-refractivity contribution in [2.75, 3.05) is 37.5 Å². The van der Waals surface area contributed by atoms with Gasteiger partial charge in [-0.1, -0.05) is 17.4 Å². The molecular formula is C19H18FN3O3S. The van der Waals surface area contributed by atoms with Crippen LogP contribution in [0.1, 0.15) is 0 Å². The van der Waals surface area contributed by atoms with Crippen molar-refractivity contribution in [2.24, 2.45) is 5.92 Å². The van der Waals surface area contributed by atoms with Gasteiger partial charge in [0, 0.05) is 24.8 Å². The molecule has 0 aliphatic carbocycles. The SMILES string of the molecule is COc1ccc(NC(=O)C2CN(c3nc4c(F)cccc4s3)C2)cc1OC. The normalized spacial score (nSPS) is 14.1. The van der Waals surface area contributed by atoms with Crippen molar-refractivity contribution in [2.45, 2.75) is 0 Å². The van der Waals surface area contributed by atoms with Crippen LogP contribution in [0, 0.1) is 11.7 Å². The van der Waals surface area contributed by atoms with Crippen LogP contribution >= 0.6 is 11.3 Å². The third-order valence-corrected chi connectivity index (χ3v) is 5.61. The van der Waals surface area contributed by atoms with Gasteiger partial charge in [-0.3, -0.25) is 4.79 Å². The summed E-state index contributed by atoms with van der Waals surface area (Å²) in [6, 6.07) is 10.2. The fraction of sp³-hybridized carbons (Fsp3) is 0.263. The number of carbonyl (C=O) groups is 1. The Balaban J connectivity index is 1.40. The second-order valence-corrected chi connectivity index (χ2v) is 7.25. The first-order chi connectivity index (χ1) is 13.1. The first-order valence-electron chi connectivity index (χ1n) is 8.42. The summed E-state index contributed by atoms with van der Waals surface area (Å²) in [4.78, 5) is 18.8. The van der Waals surface area contributed by atoms with Crippen molar-refractivity contribution in [3.8, 4) is 11.5 Å². The Hall–Kier alpha value is -2.87. The van der Waals surface area contributed by atoms with Gasteiger partial charge < -0.3 is 19.7 Å². The van der Waals surface area contributed by atoms with Crippen LogP contribution in [0.3, 0.4) is 0 Å². The van der Waals surface area contributed by atoms with Crippen LogP contribution in [0.5, 0.6) is 11.5 Å². The number of halogens is 1. The molecule has 1 aliphatic heterocycles. The minimum atomic E-state index is -0.321. The molecule has 1 aliphatic rings. The Kier molecular flexibility index (Phi) is 4.57. The highest BCUT2D eigenvalue weighted by molar-refractivity contribution is 7.22. The lowest BCUT2D eigenvalue weighted by atomic mass is 10.00. The zero-order chi connectivity index (χ0) is 19.0. The number of nitrogens with one attached hydrogen (secondary N) is 1. The second kappa shape index (κ2) is 7.03. The summed E-state index contributed by atoms with van der Waals surface area (Å²) in [5.74, 6) is 0.634. The van der Waals surface area contributed by atoms with Crippen LogP contribution in [0.4, 0.5) is 15.2 Å². The molecule has 1 fully saturated rings. The number of hydrogen-bond donors (Lipinski definition) is 1. The van der Waals surface area contributed by atoms with Crippen LogP contribution in [0.25, 0.3) is 10.2 Å². The molecule has 0 unspecified atom stereocenters.